The van der Waals surface area contributed by atoms with Gasteiger partial charge >= 0.3 is 5.97 Å². The Hall–Kier alpha value is -2.87. The van der Waals surface area contributed by atoms with Crippen LogP contribution in [0.3, 0.4) is 0 Å². The Morgan fingerprint density at radius 2 is 2.17 bits per heavy atom. The summed E-state index contributed by atoms with van der Waals surface area (Å²) in [7, 11) is 0. The molecule has 0 saturated carbocycles. The molecule has 0 aliphatic heterocycles. The number of hydrogen-bond acceptors (Lipinski definition) is 6. The summed E-state index contributed by atoms with van der Waals surface area (Å²) < 4.78 is 9.97. The highest BCUT2D eigenvalue weighted by Crippen LogP contribution is 2.25. The molecule has 0 aliphatic carbocycles. The van der Waals surface area contributed by atoms with E-state index >= 15 is 0 Å². The van der Waals surface area contributed by atoms with Crippen LogP contribution in [0.2, 0.25) is 5.02 Å². The molecule has 8 nitrogen and oxygen atoms in total. The minimum Gasteiger partial charge on any atom is -0.467 e. The number of nitrogens with one attached hydrogen (secondary N) is 1. The number of carbonyl (C=O) groups is 2. The molecule has 9 heteroatoms. The van der Waals surface area contributed by atoms with E-state index < -0.39 is 29.1 Å². The number of hydrogen-bond donors (Lipinski definition) is 1. The van der Waals surface area contributed by atoms with Crippen LogP contribution in [-0.2, 0) is 9.53 Å². The van der Waals surface area contributed by atoms with E-state index in [1.807, 2.05) is 0 Å². The molecule has 0 aliphatic rings. The van der Waals surface area contributed by atoms with Gasteiger partial charge in [-0.3, -0.25) is 14.9 Å². The fourth-order valence-electron chi connectivity index (χ4n) is 1.89. The number of halogens is 1. The van der Waals surface area contributed by atoms with Crippen LogP contribution < -0.4 is 5.32 Å². The Bertz CT molecular complexity index is 759. The molecule has 126 valence electrons. The summed E-state index contributed by atoms with van der Waals surface area (Å²) in [4.78, 5) is 33.7. The summed E-state index contributed by atoms with van der Waals surface area (Å²) in [6.45, 7) is 1.18. The van der Waals surface area contributed by atoms with Gasteiger partial charge in [0, 0.05) is 6.07 Å². The number of carbonyl (C=O) groups excluding carboxylic acids is 2. The predicted octanol–water partition coefficient (Wildman–Crippen LogP) is 2.88. The average Bonchev–Trinajstić information content (AvgIpc) is 3.07. The third-order valence-corrected chi connectivity index (χ3v) is 3.38. The Morgan fingerprint density at radius 3 is 2.79 bits per heavy atom. The lowest BCUT2D eigenvalue weighted by molar-refractivity contribution is -0.384. The van der Waals surface area contributed by atoms with Gasteiger partial charge in [0.1, 0.15) is 10.8 Å². The Morgan fingerprint density at radius 1 is 1.42 bits per heavy atom. The first-order chi connectivity index (χ1) is 11.4. The van der Waals surface area contributed by atoms with E-state index in [4.69, 9.17) is 20.8 Å². The van der Waals surface area contributed by atoms with Gasteiger partial charge in [-0.15, -0.1) is 0 Å². The van der Waals surface area contributed by atoms with Crippen LogP contribution >= 0.6 is 11.6 Å². The van der Waals surface area contributed by atoms with E-state index in [9.17, 15) is 19.7 Å². The number of nitrogens with zero attached hydrogens (tertiary/aromatic N) is 1. The third-order valence-electron chi connectivity index (χ3n) is 3.06. The number of nitro benzene ring substituents is 1. The molecule has 0 unspecified atom stereocenters. The second kappa shape index (κ2) is 7.60. The Balaban J connectivity index is 1.92. The number of esters is 1. The summed E-state index contributed by atoms with van der Waals surface area (Å²) in [5.74, 6) is -0.839. The van der Waals surface area contributed by atoms with Gasteiger partial charge in [0.05, 0.1) is 22.8 Å². The van der Waals surface area contributed by atoms with Crippen LogP contribution in [0.15, 0.2) is 41.0 Å². The normalized spacial score (nSPS) is 11.6. The molecule has 1 aromatic heterocycles. The molecule has 2 aromatic rings. The van der Waals surface area contributed by atoms with E-state index in [0.29, 0.717) is 5.76 Å². The van der Waals surface area contributed by atoms with E-state index in [0.717, 1.165) is 6.07 Å². The molecule has 0 bridgehead atoms. The van der Waals surface area contributed by atoms with Crippen molar-refractivity contribution in [3.8, 4) is 0 Å². The lowest BCUT2D eigenvalue weighted by Crippen LogP contribution is -2.31. The van der Waals surface area contributed by atoms with E-state index in [2.05, 4.69) is 5.32 Å². The summed E-state index contributed by atoms with van der Waals surface area (Å²) in [5, 5.41) is 13.3. The first-order valence-electron chi connectivity index (χ1n) is 6.82. The first kappa shape index (κ1) is 17.5. The van der Waals surface area contributed by atoms with Gasteiger partial charge in [-0.25, -0.2) is 4.79 Å². The molecule has 1 heterocycles. The van der Waals surface area contributed by atoms with Crippen molar-refractivity contribution < 1.29 is 23.7 Å². The molecule has 0 spiro atoms. The minimum absolute atomic E-state index is 0.0713. The van der Waals surface area contributed by atoms with Gasteiger partial charge in [-0.05, 0) is 31.2 Å². The van der Waals surface area contributed by atoms with Crippen molar-refractivity contribution >= 4 is 29.2 Å². The van der Waals surface area contributed by atoms with E-state index in [-0.39, 0.29) is 16.6 Å². The smallest absolute Gasteiger partial charge is 0.338 e. The maximum atomic E-state index is 11.9. The zero-order valence-corrected chi connectivity index (χ0v) is 13.3. The highest BCUT2D eigenvalue weighted by atomic mass is 35.5. The van der Waals surface area contributed by atoms with Crippen LogP contribution in [0.25, 0.3) is 0 Å². The molecule has 0 saturated heterocycles. The van der Waals surface area contributed by atoms with Gasteiger partial charge in [0.25, 0.3) is 11.6 Å². The summed E-state index contributed by atoms with van der Waals surface area (Å²) in [6, 6.07) is 6.49. The maximum Gasteiger partial charge on any atom is 0.338 e. The van der Waals surface area contributed by atoms with Gasteiger partial charge in [-0.2, -0.15) is 0 Å². The van der Waals surface area contributed by atoms with E-state index in [1.165, 1.54) is 18.4 Å². The van der Waals surface area contributed by atoms with Crippen LogP contribution in [0, 0.1) is 10.1 Å². The molecule has 1 atom stereocenters. The second-order valence-electron chi connectivity index (χ2n) is 4.80. The zero-order chi connectivity index (χ0) is 17.7. The van der Waals surface area contributed by atoms with Crippen molar-refractivity contribution in [3.05, 3.63) is 63.1 Å². The average molecular weight is 353 g/mol. The maximum absolute atomic E-state index is 11.9. The monoisotopic (exact) mass is 352 g/mol. The number of amides is 1. The van der Waals surface area contributed by atoms with Gasteiger partial charge in [0.2, 0.25) is 0 Å². The van der Waals surface area contributed by atoms with Crippen molar-refractivity contribution in [1.29, 1.82) is 0 Å². The van der Waals surface area contributed by atoms with Gasteiger partial charge < -0.3 is 14.5 Å². The fraction of sp³-hybridized carbons (Fsp3) is 0.200. The van der Waals surface area contributed by atoms with Gasteiger partial charge in [0.15, 0.2) is 6.61 Å². The minimum atomic E-state index is -0.865. The number of benzene rings is 1. The molecule has 24 heavy (non-hydrogen) atoms. The van der Waals surface area contributed by atoms with Crippen LogP contribution in [0.4, 0.5) is 5.69 Å². The zero-order valence-electron chi connectivity index (χ0n) is 12.5. The molecule has 0 radical (unpaired) electrons. The third kappa shape index (κ3) is 4.32. The van der Waals surface area contributed by atoms with Crippen molar-refractivity contribution in [3.63, 3.8) is 0 Å². The SMILES string of the molecule is C[C@H](NC(=O)COC(=O)c1ccc(Cl)c([N+](=O)[O-])c1)c1ccco1. The summed E-state index contributed by atoms with van der Waals surface area (Å²) >= 11 is 5.66. The molecule has 2 rings (SSSR count). The standard InChI is InChI=1S/C15H13ClN2O6/c1-9(13-3-2-6-23-13)17-14(19)8-24-15(20)10-4-5-11(16)12(7-10)18(21)22/h2-7,9H,8H2,1H3,(H,17,19)/t9-/m0/s1. The quantitative estimate of drug-likeness (QED) is 0.486. The topological polar surface area (TPSA) is 112 Å². The largest absolute Gasteiger partial charge is 0.467 e. The van der Waals surface area contributed by atoms with Crippen molar-refractivity contribution in [2.24, 2.45) is 0 Å². The lowest BCUT2D eigenvalue weighted by atomic mass is 10.2. The first-order valence-corrected chi connectivity index (χ1v) is 7.20. The molecule has 1 N–H and O–H groups in total. The van der Waals surface area contributed by atoms with Crippen molar-refractivity contribution in [1.82, 2.24) is 5.32 Å². The molecular weight excluding hydrogens is 340 g/mol. The highest BCUT2D eigenvalue weighted by molar-refractivity contribution is 6.32. The summed E-state index contributed by atoms with van der Waals surface area (Å²) in [5.41, 5.74) is -0.486. The number of ether oxygens (including phenoxy) is 1. The molecule has 0 fully saturated rings. The predicted molar refractivity (Wildman–Crippen MR) is 83.7 cm³/mol. The number of nitro groups is 1. The fourth-order valence-corrected chi connectivity index (χ4v) is 2.07. The van der Waals surface area contributed by atoms with E-state index in [1.54, 1.807) is 19.1 Å². The Labute approximate surface area is 141 Å². The second-order valence-corrected chi connectivity index (χ2v) is 5.21. The number of rotatable bonds is 6. The van der Waals surface area contributed by atoms with Crippen LogP contribution in [-0.4, -0.2) is 23.4 Å². The molecular formula is C15H13ClN2O6. The molecule has 1 amide bonds. The lowest BCUT2D eigenvalue weighted by Gasteiger charge is -2.11. The molecule has 1 aromatic carbocycles. The van der Waals surface area contributed by atoms with Crippen molar-refractivity contribution in [2.45, 2.75) is 13.0 Å². The van der Waals surface area contributed by atoms with Crippen molar-refractivity contribution in [2.75, 3.05) is 6.61 Å². The van der Waals surface area contributed by atoms with Crippen LogP contribution in [0.5, 0.6) is 0 Å². The number of furan rings is 1. The van der Waals surface area contributed by atoms with Crippen LogP contribution in [0.1, 0.15) is 29.1 Å². The summed E-state index contributed by atoms with van der Waals surface area (Å²) in [6.07, 6.45) is 1.48. The van der Waals surface area contributed by atoms with Gasteiger partial charge in [-0.1, -0.05) is 11.6 Å². The highest BCUT2D eigenvalue weighted by Gasteiger charge is 2.18. The Kier molecular flexibility index (Phi) is 5.54.